The van der Waals surface area contributed by atoms with Gasteiger partial charge in [0.1, 0.15) is 0 Å². The molecule has 1 aromatic heterocycles. The predicted molar refractivity (Wildman–Crippen MR) is 116 cm³/mol. The minimum atomic E-state index is -3.59. The van der Waals surface area contributed by atoms with Crippen molar-refractivity contribution < 1.29 is 8.42 Å². The summed E-state index contributed by atoms with van der Waals surface area (Å²) >= 11 is 0. The zero-order valence-corrected chi connectivity index (χ0v) is 17.4. The van der Waals surface area contributed by atoms with Gasteiger partial charge < -0.3 is 10.6 Å². The van der Waals surface area contributed by atoms with Gasteiger partial charge in [-0.1, -0.05) is 18.2 Å². The topological polar surface area (TPSA) is 107 Å². The van der Waals surface area contributed by atoms with Crippen LogP contribution in [0.2, 0.25) is 0 Å². The Labute approximate surface area is 176 Å². The Morgan fingerprint density at radius 2 is 1.63 bits per heavy atom. The van der Waals surface area contributed by atoms with Crippen LogP contribution < -0.4 is 10.6 Å². The normalized spacial score (nSPS) is 11.6. The van der Waals surface area contributed by atoms with Crippen LogP contribution in [0.4, 0.5) is 5.69 Å². The van der Waals surface area contributed by atoms with Crippen LogP contribution in [0.25, 0.3) is 0 Å². The molecule has 3 rings (SSSR count). The molecule has 2 aromatic carbocycles. The van der Waals surface area contributed by atoms with Crippen molar-refractivity contribution in [3.63, 3.8) is 0 Å². The number of aliphatic imine (C=N–C) groups is 1. The zero-order chi connectivity index (χ0) is 21.6. The molecule has 1 heterocycles. The lowest BCUT2D eigenvalue weighted by Gasteiger charge is -2.12. The fourth-order valence-electron chi connectivity index (χ4n) is 2.93. The molecule has 0 saturated heterocycles. The van der Waals surface area contributed by atoms with Crippen molar-refractivity contribution in [3.8, 4) is 6.19 Å². The van der Waals surface area contributed by atoms with Gasteiger partial charge in [-0.3, -0.25) is 4.98 Å². The molecule has 0 atom stereocenters. The van der Waals surface area contributed by atoms with Gasteiger partial charge in [0, 0.05) is 24.6 Å². The molecule has 7 nitrogen and oxygen atoms in total. The molecule has 0 spiro atoms. The van der Waals surface area contributed by atoms with Crippen molar-refractivity contribution in [1.82, 2.24) is 10.3 Å². The van der Waals surface area contributed by atoms with Crippen LogP contribution in [-0.2, 0) is 16.4 Å². The van der Waals surface area contributed by atoms with Crippen molar-refractivity contribution >= 4 is 21.5 Å². The molecule has 0 aliphatic heterocycles. The fourth-order valence-corrected chi connectivity index (χ4v) is 4.38. The fraction of sp³-hybridized carbons (Fsp3) is 0.136. The van der Waals surface area contributed by atoms with Crippen LogP contribution in [-0.4, -0.2) is 19.4 Å². The molecule has 3 aromatic rings. The average molecular weight is 420 g/mol. The quantitative estimate of drug-likeness (QED) is 0.372. The van der Waals surface area contributed by atoms with Gasteiger partial charge in [-0.25, -0.2) is 8.42 Å². The zero-order valence-electron chi connectivity index (χ0n) is 16.6. The van der Waals surface area contributed by atoms with Gasteiger partial charge in [0.2, 0.25) is 22.0 Å². The summed E-state index contributed by atoms with van der Waals surface area (Å²) in [6, 6.07) is 15.4. The number of nitrogens with zero attached hydrogens (tertiary/aromatic N) is 3. The number of sulfone groups is 1. The maximum atomic E-state index is 12.9. The number of anilines is 1. The van der Waals surface area contributed by atoms with Crippen LogP contribution >= 0.6 is 0 Å². The lowest BCUT2D eigenvalue weighted by atomic mass is 10.2. The van der Waals surface area contributed by atoms with Crippen LogP contribution in [0.1, 0.15) is 16.7 Å². The molecule has 30 heavy (non-hydrogen) atoms. The summed E-state index contributed by atoms with van der Waals surface area (Å²) in [6.45, 7) is 4.12. The number of rotatable bonds is 5. The van der Waals surface area contributed by atoms with E-state index in [9.17, 15) is 8.42 Å². The summed E-state index contributed by atoms with van der Waals surface area (Å²) in [4.78, 5) is 8.19. The maximum absolute atomic E-state index is 12.9. The van der Waals surface area contributed by atoms with E-state index in [-0.39, 0.29) is 15.8 Å². The molecule has 2 N–H and O–H groups in total. The van der Waals surface area contributed by atoms with Crippen LogP contribution in [0.5, 0.6) is 0 Å². The molecule has 0 radical (unpaired) electrons. The van der Waals surface area contributed by atoms with Crippen LogP contribution in [0.15, 0.2) is 81.8 Å². The lowest BCUT2D eigenvalue weighted by Crippen LogP contribution is -2.30. The summed E-state index contributed by atoms with van der Waals surface area (Å²) in [6.07, 6.45) is 5.00. The van der Waals surface area contributed by atoms with Gasteiger partial charge in [0.05, 0.1) is 9.79 Å². The number of pyridine rings is 1. The van der Waals surface area contributed by atoms with E-state index in [4.69, 9.17) is 5.26 Å². The number of aromatic nitrogens is 1. The first-order valence-electron chi connectivity index (χ1n) is 9.18. The van der Waals surface area contributed by atoms with E-state index in [1.54, 1.807) is 67.1 Å². The monoisotopic (exact) mass is 419 g/mol. The van der Waals surface area contributed by atoms with Crippen molar-refractivity contribution in [3.05, 3.63) is 83.7 Å². The summed E-state index contributed by atoms with van der Waals surface area (Å²) in [5, 5.41) is 14.9. The van der Waals surface area contributed by atoms with E-state index < -0.39 is 9.84 Å². The van der Waals surface area contributed by atoms with E-state index >= 15 is 0 Å². The molecule has 0 amide bonds. The minimum Gasteiger partial charge on any atom is -0.351 e. The van der Waals surface area contributed by atoms with Crippen LogP contribution in [0.3, 0.4) is 0 Å². The molecule has 0 unspecified atom stereocenters. The molecule has 0 aliphatic carbocycles. The SMILES string of the molecule is Cc1cc(C)cc(S(=O)(=O)c2ccc(CNC(=NC#N)Nc3ccncc3)cc2)c1. The Bertz CT molecular complexity index is 1180. The van der Waals surface area contributed by atoms with Gasteiger partial charge in [-0.05, 0) is 66.9 Å². The first kappa shape index (κ1) is 21.0. The van der Waals surface area contributed by atoms with E-state index in [0.717, 1.165) is 22.4 Å². The second-order valence-corrected chi connectivity index (χ2v) is 8.70. The number of benzene rings is 2. The highest BCUT2D eigenvalue weighted by Crippen LogP contribution is 2.23. The highest BCUT2D eigenvalue weighted by molar-refractivity contribution is 7.91. The smallest absolute Gasteiger partial charge is 0.212 e. The number of hydrogen-bond acceptors (Lipinski definition) is 5. The summed E-state index contributed by atoms with van der Waals surface area (Å²) in [5.74, 6) is 0.288. The van der Waals surface area contributed by atoms with Gasteiger partial charge in [0.15, 0.2) is 0 Å². The standard InChI is InChI=1S/C22H21N5O2S/c1-16-11-17(2)13-21(12-16)30(28,29)20-5-3-18(4-6-20)14-25-22(26-15-23)27-19-7-9-24-10-8-19/h3-13H,14H2,1-2H3,(H2,24,25,26,27). The van der Waals surface area contributed by atoms with Crippen molar-refractivity contribution in [2.75, 3.05) is 5.32 Å². The van der Waals surface area contributed by atoms with E-state index in [1.165, 1.54) is 0 Å². The lowest BCUT2D eigenvalue weighted by molar-refractivity contribution is 0.596. The number of hydrogen-bond donors (Lipinski definition) is 2. The predicted octanol–water partition coefficient (Wildman–Crippen LogP) is 3.57. The summed E-state index contributed by atoms with van der Waals surface area (Å²) in [7, 11) is -3.59. The van der Waals surface area contributed by atoms with E-state index in [2.05, 4.69) is 20.6 Å². The Kier molecular flexibility index (Phi) is 6.45. The molecule has 0 aliphatic rings. The Morgan fingerprint density at radius 1 is 1.00 bits per heavy atom. The number of nitrogens with one attached hydrogen (secondary N) is 2. The van der Waals surface area contributed by atoms with Crippen molar-refractivity contribution in [1.29, 1.82) is 5.26 Å². The first-order chi connectivity index (χ1) is 14.4. The molecule has 0 saturated carbocycles. The number of nitriles is 1. The Morgan fingerprint density at radius 3 is 2.23 bits per heavy atom. The van der Waals surface area contributed by atoms with Crippen molar-refractivity contribution in [2.45, 2.75) is 30.2 Å². The molecule has 152 valence electrons. The Hall–Kier alpha value is -3.70. The van der Waals surface area contributed by atoms with Crippen molar-refractivity contribution in [2.24, 2.45) is 4.99 Å². The molecular weight excluding hydrogens is 398 g/mol. The first-order valence-corrected chi connectivity index (χ1v) is 10.7. The van der Waals surface area contributed by atoms with Gasteiger partial charge in [-0.15, -0.1) is 4.99 Å². The minimum absolute atomic E-state index is 0.233. The second-order valence-electron chi connectivity index (χ2n) is 6.75. The van der Waals surface area contributed by atoms with Gasteiger partial charge in [-0.2, -0.15) is 5.26 Å². The van der Waals surface area contributed by atoms with Crippen LogP contribution in [0, 0.1) is 25.3 Å². The summed E-state index contributed by atoms with van der Waals surface area (Å²) < 4.78 is 25.8. The number of aryl methyl sites for hydroxylation is 2. The molecule has 0 bridgehead atoms. The Balaban J connectivity index is 1.72. The largest absolute Gasteiger partial charge is 0.351 e. The van der Waals surface area contributed by atoms with E-state index in [0.29, 0.717) is 6.54 Å². The molecule has 8 heteroatoms. The third-order valence-electron chi connectivity index (χ3n) is 4.30. The van der Waals surface area contributed by atoms with Gasteiger partial charge in [0.25, 0.3) is 0 Å². The highest BCUT2D eigenvalue weighted by atomic mass is 32.2. The van der Waals surface area contributed by atoms with E-state index in [1.807, 2.05) is 19.9 Å². The maximum Gasteiger partial charge on any atom is 0.212 e. The third kappa shape index (κ3) is 5.21. The van der Waals surface area contributed by atoms with Gasteiger partial charge >= 0.3 is 0 Å². The third-order valence-corrected chi connectivity index (χ3v) is 6.05. The second kappa shape index (κ2) is 9.20. The molecular formula is C22H21N5O2S. The summed E-state index contributed by atoms with van der Waals surface area (Å²) in [5.41, 5.74) is 3.39. The molecule has 0 fully saturated rings. The highest BCUT2D eigenvalue weighted by Gasteiger charge is 2.18. The average Bonchev–Trinajstić information content (AvgIpc) is 2.72. The number of guanidine groups is 1.